The van der Waals surface area contributed by atoms with Crippen molar-refractivity contribution in [1.82, 2.24) is 10.2 Å². The zero-order valence-electron chi connectivity index (χ0n) is 12.8. The highest BCUT2D eigenvalue weighted by molar-refractivity contribution is 5.85. The van der Waals surface area contributed by atoms with Crippen molar-refractivity contribution < 1.29 is 9.53 Å². The molecule has 1 aliphatic heterocycles. The fourth-order valence-corrected chi connectivity index (χ4v) is 2.21. The van der Waals surface area contributed by atoms with E-state index in [2.05, 4.69) is 22.3 Å². The summed E-state index contributed by atoms with van der Waals surface area (Å²) in [5.41, 5.74) is 7.89. The van der Waals surface area contributed by atoms with Crippen LogP contribution in [0.3, 0.4) is 0 Å². The summed E-state index contributed by atoms with van der Waals surface area (Å²) in [7, 11) is 0. The normalized spacial score (nSPS) is 16.1. The summed E-state index contributed by atoms with van der Waals surface area (Å²) in [6.45, 7) is 6.71. The summed E-state index contributed by atoms with van der Waals surface area (Å²) < 4.78 is 5.35. The summed E-state index contributed by atoms with van der Waals surface area (Å²) in [5.74, 6) is -0.122. The van der Waals surface area contributed by atoms with Crippen LogP contribution in [-0.2, 0) is 22.6 Å². The summed E-state index contributed by atoms with van der Waals surface area (Å²) in [4.78, 5) is 13.8. The van der Waals surface area contributed by atoms with E-state index in [9.17, 15) is 4.79 Å². The lowest BCUT2D eigenvalue weighted by Crippen LogP contribution is -2.37. The second kappa shape index (κ2) is 10.8. The van der Waals surface area contributed by atoms with Gasteiger partial charge in [0, 0.05) is 26.2 Å². The van der Waals surface area contributed by atoms with Gasteiger partial charge in [-0.3, -0.25) is 9.69 Å². The van der Waals surface area contributed by atoms with Gasteiger partial charge >= 0.3 is 0 Å². The van der Waals surface area contributed by atoms with Gasteiger partial charge in [0.1, 0.15) is 0 Å². The molecule has 5 nitrogen and oxygen atoms in total. The topological polar surface area (TPSA) is 67.6 Å². The number of halogens is 2. The Kier molecular flexibility index (Phi) is 10.4. The van der Waals surface area contributed by atoms with Gasteiger partial charge in [-0.1, -0.05) is 24.3 Å². The molecule has 0 radical (unpaired) electrons. The van der Waals surface area contributed by atoms with E-state index < -0.39 is 6.04 Å². The Balaban J connectivity index is 0.00000220. The number of nitrogens with one attached hydrogen (secondary N) is 1. The van der Waals surface area contributed by atoms with E-state index in [0.717, 1.165) is 38.4 Å². The lowest BCUT2D eigenvalue weighted by atomic mass is 10.1. The number of amides is 1. The van der Waals surface area contributed by atoms with Crippen LogP contribution >= 0.6 is 24.8 Å². The Labute approximate surface area is 144 Å². The van der Waals surface area contributed by atoms with Gasteiger partial charge < -0.3 is 15.8 Å². The molecule has 1 aromatic carbocycles. The van der Waals surface area contributed by atoms with Crippen molar-refractivity contribution >= 4 is 30.7 Å². The summed E-state index contributed by atoms with van der Waals surface area (Å²) in [6.07, 6.45) is 0. The Hall–Kier alpha value is -0.850. The summed E-state index contributed by atoms with van der Waals surface area (Å²) in [6, 6.07) is 7.84. The quantitative estimate of drug-likeness (QED) is 0.841. The first kappa shape index (κ1) is 21.1. The van der Waals surface area contributed by atoms with Gasteiger partial charge in [0.25, 0.3) is 0 Å². The third-order valence-electron chi connectivity index (χ3n) is 3.38. The van der Waals surface area contributed by atoms with Crippen LogP contribution in [0.4, 0.5) is 0 Å². The third kappa shape index (κ3) is 6.94. The molecule has 1 fully saturated rings. The van der Waals surface area contributed by atoms with E-state index >= 15 is 0 Å². The second-order valence-corrected chi connectivity index (χ2v) is 5.21. The Bertz CT molecular complexity index is 452. The van der Waals surface area contributed by atoms with Crippen LogP contribution in [0.25, 0.3) is 0 Å². The number of carbonyl (C=O) groups excluding carboxylic acids is 1. The first-order valence-corrected chi connectivity index (χ1v) is 7.06. The summed E-state index contributed by atoms with van der Waals surface area (Å²) >= 11 is 0. The zero-order chi connectivity index (χ0) is 14.4. The molecule has 1 aliphatic rings. The van der Waals surface area contributed by atoms with Crippen LogP contribution in [-0.4, -0.2) is 43.2 Å². The standard InChI is InChI=1S/C15H23N3O2.2ClH/c1-12(16)15(19)17-10-13-3-2-4-14(9-13)11-18-5-7-20-8-6-18;;/h2-4,9,12H,5-8,10-11,16H2,1H3,(H,17,19);2*1H/t12-;;/m1../s1. The molecular weight excluding hydrogens is 325 g/mol. The van der Waals surface area contributed by atoms with Gasteiger partial charge in [0.2, 0.25) is 5.91 Å². The molecule has 0 bridgehead atoms. The predicted molar refractivity (Wildman–Crippen MR) is 92.5 cm³/mol. The van der Waals surface area contributed by atoms with Gasteiger partial charge in [-0.2, -0.15) is 0 Å². The van der Waals surface area contributed by atoms with E-state index in [1.165, 1.54) is 5.56 Å². The maximum absolute atomic E-state index is 11.5. The van der Waals surface area contributed by atoms with Crippen LogP contribution in [0, 0.1) is 0 Å². The lowest BCUT2D eigenvalue weighted by molar-refractivity contribution is -0.122. The molecule has 1 saturated heterocycles. The monoisotopic (exact) mass is 349 g/mol. The van der Waals surface area contributed by atoms with Crippen molar-refractivity contribution in [3.8, 4) is 0 Å². The molecule has 1 amide bonds. The van der Waals surface area contributed by atoms with Crippen LogP contribution in [0.2, 0.25) is 0 Å². The molecule has 0 unspecified atom stereocenters. The molecular formula is C15H25Cl2N3O2. The Morgan fingerprint density at radius 3 is 2.59 bits per heavy atom. The van der Waals surface area contributed by atoms with Gasteiger partial charge in [-0.05, 0) is 18.1 Å². The number of morpholine rings is 1. The fraction of sp³-hybridized carbons (Fsp3) is 0.533. The van der Waals surface area contributed by atoms with Crippen LogP contribution < -0.4 is 11.1 Å². The van der Waals surface area contributed by atoms with Gasteiger partial charge in [0.15, 0.2) is 0 Å². The third-order valence-corrected chi connectivity index (χ3v) is 3.38. The van der Waals surface area contributed by atoms with E-state index in [4.69, 9.17) is 10.5 Å². The first-order valence-electron chi connectivity index (χ1n) is 7.06. The van der Waals surface area contributed by atoms with Crippen molar-refractivity contribution in [2.24, 2.45) is 5.73 Å². The number of benzene rings is 1. The molecule has 0 saturated carbocycles. The molecule has 126 valence electrons. The maximum Gasteiger partial charge on any atom is 0.236 e. The SMILES string of the molecule is C[C@@H](N)C(=O)NCc1cccc(CN2CCOCC2)c1.Cl.Cl. The maximum atomic E-state index is 11.5. The van der Waals surface area contributed by atoms with Crippen molar-refractivity contribution in [3.05, 3.63) is 35.4 Å². The molecule has 0 aliphatic carbocycles. The highest BCUT2D eigenvalue weighted by Crippen LogP contribution is 2.10. The van der Waals surface area contributed by atoms with Gasteiger partial charge in [-0.15, -0.1) is 24.8 Å². The minimum absolute atomic E-state index is 0. The minimum atomic E-state index is -0.466. The molecule has 1 heterocycles. The molecule has 3 N–H and O–H groups in total. The molecule has 2 rings (SSSR count). The number of rotatable bonds is 5. The Morgan fingerprint density at radius 1 is 1.32 bits per heavy atom. The number of hydrogen-bond donors (Lipinski definition) is 2. The molecule has 1 atom stereocenters. The van der Waals surface area contributed by atoms with Crippen LogP contribution in [0.15, 0.2) is 24.3 Å². The van der Waals surface area contributed by atoms with E-state index in [1.54, 1.807) is 6.92 Å². The zero-order valence-corrected chi connectivity index (χ0v) is 14.4. The number of carbonyl (C=O) groups is 1. The molecule has 1 aromatic rings. The first-order chi connectivity index (χ1) is 9.65. The van der Waals surface area contributed by atoms with Crippen LogP contribution in [0.5, 0.6) is 0 Å². The molecule has 0 aromatic heterocycles. The van der Waals surface area contributed by atoms with E-state index in [0.29, 0.717) is 6.54 Å². The molecule has 22 heavy (non-hydrogen) atoms. The average molecular weight is 350 g/mol. The van der Waals surface area contributed by atoms with E-state index in [1.807, 2.05) is 12.1 Å². The second-order valence-electron chi connectivity index (χ2n) is 5.21. The van der Waals surface area contributed by atoms with Gasteiger partial charge in [-0.25, -0.2) is 0 Å². The number of hydrogen-bond acceptors (Lipinski definition) is 4. The number of ether oxygens (including phenoxy) is 1. The number of nitrogens with two attached hydrogens (primary N) is 1. The highest BCUT2D eigenvalue weighted by Gasteiger charge is 2.11. The number of nitrogens with zero attached hydrogens (tertiary/aromatic N) is 1. The smallest absolute Gasteiger partial charge is 0.236 e. The minimum Gasteiger partial charge on any atom is -0.379 e. The largest absolute Gasteiger partial charge is 0.379 e. The highest BCUT2D eigenvalue weighted by atomic mass is 35.5. The average Bonchev–Trinajstić information content (AvgIpc) is 2.46. The van der Waals surface area contributed by atoms with Crippen molar-refractivity contribution in [2.75, 3.05) is 26.3 Å². The van der Waals surface area contributed by atoms with Crippen molar-refractivity contribution in [2.45, 2.75) is 26.1 Å². The van der Waals surface area contributed by atoms with Crippen molar-refractivity contribution in [3.63, 3.8) is 0 Å². The summed E-state index contributed by atoms with van der Waals surface area (Å²) in [5, 5.41) is 2.83. The fourth-order valence-electron chi connectivity index (χ4n) is 2.21. The Morgan fingerprint density at radius 2 is 1.95 bits per heavy atom. The van der Waals surface area contributed by atoms with Crippen molar-refractivity contribution in [1.29, 1.82) is 0 Å². The lowest BCUT2D eigenvalue weighted by Gasteiger charge is -2.26. The molecule has 7 heteroatoms. The van der Waals surface area contributed by atoms with Crippen LogP contribution in [0.1, 0.15) is 18.1 Å². The van der Waals surface area contributed by atoms with Gasteiger partial charge in [0.05, 0.1) is 19.3 Å². The molecule has 0 spiro atoms. The van der Waals surface area contributed by atoms with E-state index in [-0.39, 0.29) is 30.7 Å². The predicted octanol–water partition coefficient (Wildman–Crippen LogP) is 1.33.